The maximum Gasteiger partial charge on any atom is 0.0205 e. The molecule has 66 valence electrons. The number of piperidine rings is 1. The van der Waals surface area contributed by atoms with E-state index in [1.54, 1.807) is 5.57 Å². The molecule has 2 rings (SSSR count). The van der Waals surface area contributed by atoms with Crippen molar-refractivity contribution in [3.8, 4) is 0 Å². The highest BCUT2D eigenvalue weighted by atomic mass is 14.9. The molecule has 1 aliphatic heterocycles. The van der Waals surface area contributed by atoms with Crippen molar-refractivity contribution in [1.82, 2.24) is 5.32 Å². The average molecular weight is 163 g/mol. The third-order valence-electron chi connectivity index (χ3n) is 3.19. The van der Waals surface area contributed by atoms with Gasteiger partial charge in [0.2, 0.25) is 0 Å². The van der Waals surface area contributed by atoms with Gasteiger partial charge in [-0.05, 0) is 37.8 Å². The first-order valence-electron chi connectivity index (χ1n) is 4.85. The number of allylic oxidation sites excluding steroid dienone is 2. The summed E-state index contributed by atoms with van der Waals surface area (Å²) < 4.78 is 0. The molecule has 1 saturated heterocycles. The number of hydrogen-bond acceptors (Lipinski definition) is 1. The van der Waals surface area contributed by atoms with Crippen LogP contribution in [-0.4, -0.2) is 13.1 Å². The van der Waals surface area contributed by atoms with Gasteiger partial charge in [0.1, 0.15) is 0 Å². The normalized spacial score (nSPS) is 33.2. The van der Waals surface area contributed by atoms with E-state index in [2.05, 4.69) is 31.3 Å². The van der Waals surface area contributed by atoms with E-state index >= 15 is 0 Å². The smallest absolute Gasteiger partial charge is 0.0205 e. The first kappa shape index (κ1) is 8.06. The quantitative estimate of drug-likeness (QED) is 0.577. The van der Waals surface area contributed by atoms with Crippen LogP contribution in [0, 0.1) is 5.41 Å². The van der Waals surface area contributed by atoms with Crippen LogP contribution in [0.1, 0.15) is 26.7 Å². The molecule has 0 aromatic carbocycles. The van der Waals surface area contributed by atoms with Crippen molar-refractivity contribution in [2.45, 2.75) is 26.7 Å². The lowest BCUT2D eigenvalue weighted by molar-refractivity contribution is 0.504. The standard InChI is InChI=1S/C11H17N/c1-3-9-7-12-8-11(5-6-11)10(9)4-2/h3-4,12H,5-8H2,1-2H3/b9-3-,10-4+. The third-order valence-corrected chi connectivity index (χ3v) is 3.19. The summed E-state index contributed by atoms with van der Waals surface area (Å²) in [6, 6.07) is 0. The molecular formula is C11H17N. The molecule has 12 heavy (non-hydrogen) atoms. The van der Waals surface area contributed by atoms with Crippen LogP contribution in [0.4, 0.5) is 0 Å². The highest BCUT2D eigenvalue weighted by Crippen LogP contribution is 2.54. The fourth-order valence-electron chi connectivity index (χ4n) is 2.31. The molecule has 2 aliphatic rings. The van der Waals surface area contributed by atoms with E-state index < -0.39 is 0 Å². The van der Waals surface area contributed by atoms with E-state index in [0.717, 1.165) is 6.54 Å². The summed E-state index contributed by atoms with van der Waals surface area (Å²) in [5.41, 5.74) is 3.68. The Balaban J connectivity index is 2.30. The maximum atomic E-state index is 3.49. The molecule has 0 radical (unpaired) electrons. The Morgan fingerprint density at radius 1 is 1.25 bits per heavy atom. The van der Waals surface area contributed by atoms with Crippen molar-refractivity contribution in [3.63, 3.8) is 0 Å². The average Bonchev–Trinajstić information content (AvgIpc) is 2.85. The molecule has 0 amide bonds. The molecule has 1 nitrogen and oxygen atoms in total. The zero-order chi connectivity index (χ0) is 8.60. The molecule has 2 fully saturated rings. The summed E-state index contributed by atoms with van der Waals surface area (Å²) in [4.78, 5) is 0. The molecule has 1 N–H and O–H groups in total. The van der Waals surface area contributed by atoms with Gasteiger partial charge in [-0.2, -0.15) is 0 Å². The number of nitrogens with one attached hydrogen (secondary N) is 1. The minimum absolute atomic E-state index is 0.550. The molecule has 0 aromatic rings. The zero-order valence-corrected chi connectivity index (χ0v) is 7.98. The third kappa shape index (κ3) is 1.04. The lowest BCUT2D eigenvalue weighted by atomic mass is 9.85. The summed E-state index contributed by atoms with van der Waals surface area (Å²) in [7, 11) is 0. The molecule has 1 heteroatoms. The topological polar surface area (TPSA) is 12.0 Å². The highest BCUT2D eigenvalue weighted by Gasteiger charge is 2.47. The van der Waals surface area contributed by atoms with Crippen molar-refractivity contribution in [2.24, 2.45) is 5.41 Å². The van der Waals surface area contributed by atoms with Crippen LogP contribution in [0.3, 0.4) is 0 Å². The van der Waals surface area contributed by atoms with E-state index in [9.17, 15) is 0 Å². The lowest BCUT2D eigenvalue weighted by Crippen LogP contribution is -2.34. The molecule has 0 bridgehead atoms. The van der Waals surface area contributed by atoms with Crippen LogP contribution in [0.2, 0.25) is 0 Å². The lowest BCUT2D eigenvalue weighted by Gasteiger charge is -2.28. The Labute approximate surface area is 74.5 Å². The Hall–Kier alpha value is -0.560. The van der Waals surface area contributed by atoms with Crippen molar-refractivity contribution >= 4 is 0 Å². The predicted octanol–water partition coefficient (Wildman–Crippen LogP) is 2.26. The summed E-state index contributed by atoms with van der Waals surface area (Å²) in [5.74, 6) is 0. The summed E-state index contributed by atoms with van der Waals surface area (Å²) in [6.07, 6.45) is 7.33. The van der Waals surface area contributed by atoms with Crippen molar-refractivity contribution < 1.29 is 0 Å². The first-order valence-corrected chi connectivity index (χ1v) is 4.85. The summed E-state index contributed by atoms with van der Waals surface area (Å²) in [5, 5.41) is 3.49. The monoisotopic (exact) mass is 163 g/mol. The summed E-state index contributed by atoms with van der Waals surface area (Å²) >= 11 is 0. The molecule has 1 spiro atoms. The van der Waals surface area contributed by atoms with E-state index in [1.807, 2.05) is 0 Å². The van der Waals surface area contributed by atoms with Gasteiger partial charge in [-0.25, -0.2) is 0 Å². The SMILES string of the molecule is C/C=C1\C(=C/C)CNCC12CC2. The van der Waals surface area contributed by atoms with Gasteiger partial charge in [0, 0.05) is 18.5 Å². The van der Waals surface area contributed by atoms with E-state index in [1.165, 1.54) is 25.0 Å². The van der Waals surface area contributed by atoms with Gasteiger partial charge in [0.25, 0.3) is 0 Å². The van der Waals surface area contributed by atoms with Crippen LogP contribution in [0.15, 0.2) is 23.3 Å². The van der Waals surface area contributed by atoms with Crippen LogP contribution < -0.4 is 5.32 Å². The minimum atomic E-state index is 0.550. The number of hydrogen-bond donors (Lipinski definition) is 1. The van der Waals surface area contributed by atoms with Crippen molar-refractivity contribution in [3.05, 3.63) is 23.3 Å². The van der Waals surface area contributed by atoms with Gasteiger partial charge >= 0.3 is 0 Å². The van der Waals surface area contributed by atoms with Crippen LogP contribution >= 0.6 is 0 Å². The largest absolute Gasteiger partial charge is 0.312 e. The van der Waals surface area contributed by atoms with E-state index in [4.69, 9.17) is 0 Å². The Bertz CT molecular complexity index is 244. The van der Waals surface area contributed by atoms with E-state index in [-0.39, 0.29) is 0 Å². The first-order chi connectivity index (χ1) is 5.82. The molecule has 1 aliphatic carbocycles. The van der Waals surface area contributed by atoms with Gasteiger partial charge in [-0.3, -0.25) is 0 Å². The molecule has 0 atom stereocenters. The Morgan fingerprint density at radius 3 is 2.50 bits per heavy atom. The molecule has 0 aromatic heterocycles. The van der Waals surface area contributed by atoms with Crippen LogP contribution in [-0.2, 0) is 0 Å². The summed E-state index contributed by atoms with van der Waals surface area (Å²) in [6.45, 7) is 6.58. The predicted molar refractivity (Wildman–Crippen MR) is 52.1 cm³/mol. The fraction of sp³-hybridized carbons (Fsp3) is 0.636. The highest BCUT2D eigenvalue weighted by molar-refractivity contribution is 5.43. The van der Waals surface area contributed by atoms with Gasteiger partial charge < -0.3 is 5.32 Å². The van der Waals surface area contributed by atoms with E-state index in [0.29, 0.717) is 5.41 Å². The van der Waals surface area contributed by atoms with Gasteiger partial charge in [-0.15, -0.1) is 0 Å². The van der Waals surface area contributed by atoms with Crippen LogP contribution in [0.5, 0.6) is 0 Å². The van der Waals surface area contributed by atoms with Crippen LogP contribution in [0.25, 0.3) is 0 Å². The molecule has 1 heterocycles. The number of rotatable bonds is 0. The van der Waals surface area contributed by atoms with Gasteiger partial charge in [0.15, 0.2) is 0 Å². The second-order valence-electron chi connectivity index (χ2n) is 3.90. The Morgan fingerprint density at radius 2 is 2.00 bits per heavy atom. The zero-order valence-electron chi connectivity index (χ0n) is 7.98. The maximum absolute atomic E-state index is 3.49. The van der Waals surface area contributed by atoms with Crippen molar-refractivity contribution in [1.29, 1.82) is 0 Å². The minimum Gasteiger partial charge on any atom is -0.312 e. The van der Waals surface area contributed by atoms with Crippen molar-refractivity contribution in [2.75, 3.05) is 13.1 Å². The van der Waals surface area contributed by atoms with Gasteiger partial charge in [0.05, 0.1) is 0 Å². The van der Waals surface area contributed by atoms with Gasteiger partial charge in [-0.1, -0.05) is 12.2 Å². The second kappa shape index (κ2) is 2.74. The fourth-order valence-corrected chi connectivity index (χ4v) is 2.31. The molecular weight excluding hydrogens is 146 g/mol. The molecule has 0 unspecified atom stereocenters. The molecule has 1 saturated carbocycles. The Kier molecular flexibility index (Phi) is 1.84. The second-order valence-corrected chi connectivity index (χ2v) is 3.90.